The van der Waals surface area contributed by atoms with Crippen LogP contribution in [-0.4, -0.2) is 29.2 Å². The predicted octanol–water partition coefficient (Wildman–Crippen LogP) is 3.25. The highest BCUT2D eigenvalue weighted by molar-refractivity contribution is 6.62. The fourth-order valence-corrected chi connectivity index (χ4v) is 2.83. The van der Waals surface area contributed by atoms with Crippen LogP contribution >= 0.6 is 0 Å². The zero-order valence-electron chi connectivity index (χ0n) is 16.2. The fraction of sp³-hybridized carbons (Fsp3) is 0.400. The second-order valence-electron chi connectivity index (χ2n) is 7.80. The smallest absolute Gasteiger partial charge is 0.399 e. The summed E-state index contributed by atoms with van der Waals surface area (Å²) in [6, 6.07) is 9.29. The lowest BCUT2D eigenvalue weighted by atomic mass is 9.78. The van der Waals surface area contributed by atoms with E-state index in [0.717, 1.165) is 22.4 Å². The van der Waals surface area contributed by atoms with E-state index in [1.54, 1.807) is 18.3 Å². The molecule has 1 aliphatic heterocycles. The molecule has 3 rings (SSSR count). The Kier molecular flexibility index (Phi) is 4.67. The minimum absolute atomic E-state index is 0.151. The first-order chi connectivity index (χ1) is 12.1. The molecule has 0 saturated carbocycles. The monoisotopic (exact) mass is 352 g/mol. The molecular formula is C20H25BN2O3. The van der Waals surface area contributed by atoms with Gasteiger partial charge in [0.2, 0.25) is 0 Å². The largest absolute Gasteiger partial charge is 0.494 e. The van der Waals surface area contributed by atoms with E-state index in [4.69, 9.17) is 9.31 Å². The van der Waals surface area contributed by atoms with Crippen LogP contribution in [0.25, 0.3) is 0 Å². The highest BCUT2D eigenvalue weighted by Crippen LogP contribution is 2.36. The van der Waals surface area contributed by atoms with Crippen LogP contribution in [-0.2, 0) is 9.31 Å². The topological polar surface area (TPSA) is 60.5 Å². The summed E-state index contributed by atoms with van der Waals surface area (Å²) < 4.78 is 12.2. The zero-order chi connectivity index (χ0) is 19.1. The molecule has 5 nitrogen and oxygen atoms in total. The van der Waals surface area contributed by atoms with E-state index in [2.05, 4.69) is 10.3 Å². The third-order valence-electron chi connectivity index (χ3n) is 5.18. The molecule has 1 fully saturated rings. The second kappa shape index (κ2) is 6.52. The molecule has 0 unspecified atom stereocenters. The van der Waals surface area contributed by atoms with Gasteiger partial charge in [-0.15, -0.1) is 0 Å². The summed E-state index contributed by atoms with van der Waals surface area (Å²) in [7, 11) is -0.411. The summed E-state index contributed by atoms with van der Waals surface area (Å²) in [4.78, 5) is 16.6. The number of carbonyl (C=O) groups is 1. The van der Waals surface area contributed by atoms with Crippen molar-refractivity contribution < 1.29 is 14.1 Å². The molecule has 2 aromatic rings. The van der Waals surface area contributed by atoms with E-state index in [0.29, 0.717) is 5.56 Å². The average molecular weight is 352 g/mol. The van der Waals surface area contributed by atoms with Gasteiger partial charge in [0.1, 0.15) is 0 Å². The molecule has 0 atom stereocenters. The molecule has 6 heteroatoms. The zero-order valence-corrected chi connectivity index (χ0v) is 16.2. The van der Waals surface area contributed by atoms with Crippen molar-refractivity contribution in [2.75, 3.05) is 5.32 Å². The number of benzene rings is 1. The van der Waals surface area contributed by atoms with Gasteiger partial charge in [-0.25, -0.2) is 0 Å². The second-order valence-corrected chi connectivity index (χ2v) is 7.80. The molecule has 1 N–H and O–H groups in total. The van der Waals surface area contributed by atoms with Gasteiger partial charge >= 0.3 is 7.12 Å². The van der Waals surface area contributed by atoms with Gasteiger partial charge in [-0.05, 0) is 70.8 Å². The summed E-state index contributed by atoms with van der Waals surface area (Å²) in [5.41, 5.74) is 3.31. The van der Waals surface area contributed by atoms with Crippen molar-refractivity contribution in [1.82, 2.24) is 4.98 Å². The molecule has 0 bridgehead atoms. The third kappa shape index (κ3) is 3.52. The van der Waals surface area contributed by atoms with Crippen molar-refractivity contribution in [2.24, 2.45) is 0 Å². The number of rotatable bonds is 3. The number of aromatic nitrogens is 1. The van der Waals surface area contributed by atoms with Gasteiger partial charge in [-0.1, -0.05) is 12.1 Å². The number of amides is 1. The Morgan fingerprint density at radius 2 is 1.69 bits per heavy atom. The van der Waals surface area contributed by atoms with Crippen LogP contribution in [0, 0.1) is 13.8 Å². The molecule has 0 radical (unpaired) electrons. The molecular weight excluding hydrogens is 327 g/mol. The van der Waals surface area contributed by atoms with Crippen LogP contribution in [0.1, 0.15) is 49.3 Å². The van der Waals surface area contributed by atoms with Gasteiger partial charge in [0.05, 0.1) is 11.2 Å². The summed E-state index contributed by atoms with van der Waals surface area (Å²) in [5.74, 6) is -0.151. The van der Waals surface area contributed by atoms with E-state index in [1.807, 2.05) is 59.7 Å². The molecule has 1 aromatic carbocycles. The van der Waals surface area contributed by atoms with Gasteiger partial charge in [-0.3, -0.25) is 9.78 Å². The van der Waals surface area contributed by atoms with Crippen molar-refractivity contribution >= 4 is 24.2 Å². The summed E-state index contributed by atoms with van der Waals surface area (Å²) in [6.07, 6.45) is 1.64. The maximum absolute atomic E-state index is 12.4. The van der Waals surface area contributed by atoms with Crippen LogP contribution in [0.3, 0.4) is 0 Å². The average Bonchev–Trinajstić information content (AvgIpc) is 2.77. The molecule has 136 valence electrons. The number of aryl methyl sites for hydroxylation is 2. The fourth-order valence-electron chi connectivity index (χ4n) is 2.83. The Bertz CT molecular complexity index is 833. The standard InChI is InChI=1S/C20H25BN2O3/c1-13-11-16(21-25-19(3,4)20(5,6)26-21)7-8-17(13)23-18(24)15-9-10-22-14(2)12-15/h7-12H,1-6H3,(H,23,24). The van der Waals surface area contributed by atoms with Crippen molar-refractivity contribution in [3.8, 4) is 0 Å². The minimum atomic E-state index is -0.411. The van der Waals surface area contributed by atoms with E-state index in [-0.39, 0.29) is 17.1 Å². The Balaban J connectivity index is 1.77. The van der Waals surface area contributed by atoms with Gasteiger partial charge in [0, 0.05) is 23.1 Å². The first kappa shape index (κ1) is 18.6. The lowest BCUT2D eigenvalue weighted by Crippen LogP contribution is -2.41. The van der Waals surface area contributed by atoms with E-state index < -0.39 is 7.12 Å². The van der Waals surface area contributed by atoms with Crippen LogP contribution in [0.2, 0.25) is 0 Å². The van der Waals surface area contributed by atoms with Crippen molar-refractivity contribution in [3.63, 3.8) is 0 Å². The summed E-state index contributed by atoms with van der Waals surface area (Å²) in [5, 5.41) is 2.96. The van der Waals surface area contributed by atoms with Crippen molar-refractivity contribution in [1.29, 1.82) is 0 Å². The molecule has 0 spiro atoms. The highest BCUT2D eigenvalue weighted by atomic mass is 16.7. The van der Waals surface area contributed by atoms with Crippen LogP contribution in [0.15, 0.2) is 36.5 Å². The lowest BCUT2D eigenvalue weighted by molar-refractivity contribution is 0.00578. The predicted molar refractivity (Wildman–Crippen MR) is 104 cm³/mol. The first-order valence-corrected chi connectivity index (χ1v) is 8.79. The maximum Gasteiger partial charge on any atom is 0.494 e. The number of nitrogens with zero attached hydrogens (tertiary/aromatic N) is 1. The number of pyridine rings is 1. The normalized spacial score (nSPS) is 18.0. The molecule has 0 aliphatic carbocycles. The van der Waals surface area contributed by atoms with Gasteiger partial charge in [0.25, 0.3) is 5.91 Å². The molecule has 26 heavy (non-hydrogen) atoms. The van der Waals surface area contributed by atoms with Crippen molar-refractivity contribution in [2.45, 2.75) is 52.7 Å². The Labute approximate surface area is 155 Å². The Morgan fingerprint density at radius 3 is 2.27 bits per heavy atom. The Morgan fingerprint density at radius 1 is 1.04 bits per heavy atom. The first-order valence-electron chi connectivity index (χ1n) is 8.79. The SMILES string of the molecule is Cc1cc(C(=O)Nc2ccc(B3OC(C)(C)C(C)(C)O3)cc2C)ccn1. The third-order valence-corrected chi connectivity index (χ3v) is 5.18. The number of nitrogens with one attached hydrogen (secondary N) is 1. The quantitative estimate of drug-likeness (QED) is 0.862. The van der Waals surface area contributed by atoms with Gasteiger partial charge < -0.3 is 14.6 Å². The summed E-state index contributed by atoms with van der Waals surface area (Å²) >= 11 is 0. The molecule has 2 heterocycles. The van der Waals surface area contributed by atoms with E-state index in [1.165, 1.54) is 0 Å². The van der Waals surface area contributed by atoms with Crippen LogP contribution < -0.4 is 10.8 Å². The number of carbonyl (C=O) groups excluding carboxylic acids is 1. The van der Waals surface area contributed by atoms with E-state index in [9.17, 15) is 4.79 Å². The number of hydrogen-bond donors (Lipinski definition) is 1. The molecule has 1 aromatic heterocycles. The number of hydrogen-bond acceptors (Lipinski definition) is 4. The Hall–Kier alpha value is -2.18. The van der Waals surface area contributed by atoms with Crippen molar-refractivity contribution in [3.05, 3.63) is 53.3 Å². The van der Waals surface area contributed by atoms with Crippen LogP contribution in [0.5, 0.6) is 0 Å². The molecule has 1 aliphatic rings. The lowest BCUT2D eigenvalue weighted by Gasteiger charge is -2.32. The molecule has 1 amide bonds. The summed E-state index contributed by atoms with van der Waals surface area (Å²) in [6.45, 7) is 12.0. The highest BCUT2D eigenvalue weighted by Gasteiger charge is 2.51. The van der Waals surface area contributed by atoms with Gasteiger partial charge in [0.15, 0.2) is 0 Å². The number of anilines is 1. The van der Waals surface area contributed by atoms with E-state index >= 15 is 0 Å². The molecule has 1 saturated heterocycles. The maximum atomic E-state index is 12.4. The van der Waals surface area contributed by atoms with Crippen LogP contribution in [0.4, 0.5) is 5.69 Å². The van der Waals surface area contributed by atoms with Gasteiger partial charge in [-0.2, -0.15) is 0 Å². The minimum Gasteiger partial charge on any atom is -0.399 e.